The Morgan fingerprint density at radius 3 is 2.19 bits per heavy atom. The molecule has 90 valence electrons. The highest BCUT2D eigenvalue weighted by atomic mass is 79.9. The maximum absolute atomic E-state index is 11.2. The van der Waals surface area contributed by atoms with Crippen LogP contribution < -0.4 is 5.38 Å². The Morgan fingerprint density at radius 2 is 1.81 bits per heavy atom. The van der Waals surface area contributed by atoms with Crippen molar-refractivity contribution in [2.75, 3.05) is 0 Å². The second-order valence-electron chi connectivity index (χ2n) is 5.71. The summed E-state index contributed by atoms with van der Waals surface area (Å²) in [4.78, 5) is 11.2. The first-order valence-corrected chi connectivity index (χ1v) is 9.16. The van der Waals surface area contributed by atoms with Crippen molar-refractivity contribution in [2.45, 2.75) is 45.8 Å². The van der Waals surface area contributed by atoms with E-state index in [0.717, 1.165) is 21.9 Å². The largest absolute Gasteiger partial charge is 0.470 e. The molecule has 0 saturated heterocycles. The number of halogens is 1. The molecule has 4 heteroatoms. The van der Waals surface area contributed by atoms with Gasteiger partial charge in [-0.2, -0.15) is 0 Å². The molecule has 1 rings (SSSR count). The molecule has 0 atom stereocenters. The normalized spacial score (nSPS) is 12.9. The molecule has 0 saturated carbocycles. The van der Waals surface area contributed by atoms with Crippen LogP contribution in [0.2, 0.25) is 18.1 Å². The number of carbonyl (C=O) groups is 1. The molecule has 2 nitrogen and oxygen atoms in total. The molecule has 1 aromatic heterocycles. The van der Waals surface area contributed by atoms with Crippen LogP contribution in [0.5, 0.6) is 0 Å². The van der Waals surface area contributed by atoms with Crippen molar-refractivity contribution in [3.63, 3.8) is 0 Å². The second kappa shape index (κ2) is 4.15. The number of hydrogen-bond acceptors (Lipinski definition) is 2. The van der Waals surface area contributed by atoms with Gasteiger partial charge in [0.05, 0.1) is 15.4 Å². The molecule has 0 aromatic carbocycles. The number of furan rings is 1. The van der Waals surface area contributed by atoms with Crippen LogP contribution in [-0.4, -0.2) is 14.4 Å². The lowest BCUT2D eigenvalue weighted by molar-refractivity contribution is 0.112. The van der Waals surface area contributed by atoms with Gasteiger partial charge in [0.1, 0.15) is 13.8 Å². The Bertz CT molecular complexity index is 413. The Morgan fingerprint density at radius 1 is 1.31 bits per heavy atom. The highest BCUT2D eigenvalue weighted by Gasteiger charge is 2.42. The Balaban J connectivity index is 3.45. The highest BCUT2D eigenvalue weighted by Crippen LogP contribution is 2.37. The van der Waals surface area contributed by atoms with Crippen molar-refractivity contribution in [2.24, 2.45) is 0 Å². The summed E-state index contributed by atoms with van der Waals surface area (Å²) in [5.74, 6) is 0.793. The van der Waals surface area contributed by atoms with E-state index in [1.54, 1.807) is 0 Å². The van der Waals surface area contributed by atoms with Gasteiger partial charge in [0.25, 0.3) is 0 Å². The first-order valence-electron chi connectivity index (χ1n) is 5.37. The Hall–Kier alpha value is -0.353. The van der Waals surface area contributed by atoms with Gasteiger partial charge in [-0.15, -0.1) is 0 Å². The van der Waals surface area contributed by atoms with Gasteiger partial charge in [-0.05, 0) is 27.9 Å². The third-order valence-electron chi connectivity index (χ3n) is 3.61. The molecule has 0 aliphatic carbocycles. The zero-order valence-electron chi connectivity index (χ0n) is 10.8. The standard InChI is InChI=1S/C12H19BrO2Si/c1-8-10(13)9(7-14)11(15-8)16(5,6)12(2,3)4/h7H,1-6H3. The molecule has 0 unspecified atom stereocenters. The van der Waals surface area contributed by atoms with Crippen molar-refractivity contribution in [3.05, 3.63) is 15.8 Å². The van der Waals surface area contributed by atoms with E-state index in [9.17, 15) is 4.79 Å². The first-order chi connectivity index (χ1) is 7.13. The molecule has 16 heavy (non-hydrogen) atoms. The summed E-state index contributed by atoms with van der Waals surface area (Å²) in [6.45, 7) is 13.0. The number of aryl methyl sites for hydroxylation is 1. The minimum atomic E-state index is -1.79. The SMILES string of the molecule is Cc1oc([Si](C)(C)C(C)(C)C)c(C=O)c1Br. The van der Waals surface area contributed by atoms with Gasteiger partial charge in [-0.1, -0.05) is 33.9 Å². The summed E-state index contributed by atoms with van der Waals surface area (Å²) in [7, 11) is -1.79. The van der Waals surface area contributed by atoms with Crippen LogP contribution in [0.15, 0.2) is 8.89 Å². The summed E-state index contributed by atoms with van der Waals surface area (Å²) in [6, 6.07) is 0. The lowest BCUT2D eigenvalue weighted by Crippen LogP contribution is -2.50. The molecule has 0 amide bonds. The predicted octanol–water partition coefficient (Wildman–Crippen LogP) is 3.88. The van der Waals surface area contributed by atoms with Crippen molar-refractivity contribution in [1.82, 2.24) is 0 Å². The van der Waals surface area contributed by atoms with Crippen molar-refractivity contribution >= 4 is 35.7 Å². The predicted molar refractivity (Wildman–Crippen MR) is 73.4 cm³/mol. The quantitative estimate of drug-likeness (QED) is 0.613. The van der Waals surface area contributed by atoms with Gasteiger partial charge in [0.15, 0.2) is 6.29 Å². The lowest BCUT2D eigenvalue weighted by atomic mass is 10.2. The first kappa shape index (κ1) is 13.7. The third-order valence-corrected chi connectivity index (χ3v) is 9.85. The smallest absolute Gasteiger partial charge is 0.154 e. The molecule has 0 aliphatic heterocycles. The fourth-order valence-corrected chi connectivity index (χ4v) is 3.94. The van der Waals surface area contributed by atoms with Crippen LogP contribution in [0.4, 0.5) is 0 Å². The molecule has 1 heterocycles. The van der Waals surface area contributed by atoms with E-state index in [1.165, 1.54) is 0 Å². The number of hydrogen-bond donors (Lipinski definition) is 0. The van der Waals surface area contributed by atoms with E-state index in [4.69, 9.17) is 4.42 Å². The van der Waals surface area contributed by atoms with E-state index < -0.39 is 8.07 Å². The van der Waals surface area contributed by atoms with Gasteiger partial charge in [-0.3, -0.25) is 4.79 Å². The number of rotatable bonds is 2. The zero-order chi connectivity index (χ0) is 12.7. The summed E-state index contributed by atoms with van der Waals surface area (Å²) in [6.07, 6.45) is 0.899. The molecule has 0 spiro atoms. The van der Waals surface area contributed by atoms with Gasteiger partial charge >= 0.3 is 0 Å². The molecule has 0 bridgehead atoms. The maximum Gasteiger partial charge on any atom is 0.154 e. The van der Waals surface area contributed by atoms with Gasteiger partial charge < -0.3 is 4.42 Å². The maximum atomic E-state index is 11.2. The second-order valence-corrected chi connectivity index (χ2v) is 11.7. The van der Waals surface area contributed by atoms with Crippen molar-refractivity contribution in [3.8, 4) is 0 Å². The minimum absolute atomic E-state index is 0.161. The summed E-state index contributed by atoms with van der Waals surface area (Å²) >= 11 is 3.42. The van der Waals surface area contributed by atoms with E-state index in [2.05, 4.69) is 49.8 Å². The van der Waals surface area contributed by atoms with Crippen LogP contribution in [0.25, 0.3) is 0 Å². The fourth-order valence-electron chi connectivity index (χ4n) is 1.45. The number of aldehydes is 1. The number of carbonyl (C=O) groups excluding carboxylic acids is 1. The fraction of sp³-hybridized carbons (Fsp3) is 0.583. The van der Waals surface area contributed by atoms with E-state index in [0.29, 0.717) is 5.56 Å². The lowest BCUT2D eigenvalue weighted by Gasteiger charge is -2.35. The van der Waals surface area contributed by atoms with Crippen LogP contribution >= 0.6 is 15.9 Å². The van der Waals surface area contributed by atoms with Crippen LogP contribution in [0, 0.1) is 6.92 Å². The molecule has 0 aliphatic rings. The topological polar surface area (TPSA) is 30.2 Å². The molecule has 0 fully saturated rings. The average molecular weight is 303 g/mol. The molecule has 0 N–H and O–H groups in total. The van der Waals surface area contributed by atoms with Crippen LogP contribution in [0.1, 0.15) is 36.9 Å². The van der Waals surface area contributed by atoms with Crippen LogP contribution in [0.3, 0.4) is 0 Å². The highest BCUT2D eigenvalue weighted by molar-refractivity contribution is 9.10. The summed E-state index contributed by atoms with van der Waals surface area (Å²) < 4.78 is 6.62. The Kier molecular flexibility index (Phi) is 3.55. The van der Waals surface area contributed by atoms with Crippen molar-refractivity contribution < 1.29 is 9.21 Å². The Labute approximate surface area is 107 Å². The van der Waals surface area contributed by atoms with Gasteiger partial charge in [-0.25, -0.2) is 0 Å². The van der Waals surface area contributed by atoms with E-state index in [1.807, 2.05) is 6.92 Å². The molecular weight excluding hydrogens is 284 g/mol. The third kappa shape index (κ3) is 2.05. The average Bonchev–Trinajstić information content (AvgIpc) is 2.42. The summed E-state index contributed by atoms with van der Waals surface area (Å²) in [5.41, 5.74) is 0.698. The van der Waals surface area contributed by atoms with E-state index in [-0.39, 0.29) is 5.04 Å². The van der Waals surface area contributed by atoms with E-state index >= 15 is 0 Å². The minimum Gasteiger partial charge on any atom is -0.470 e. The monoisotopic (exact) mass is 302 g/mol. The molecule has 1 aromatic rings. The molecule has 0 radical (unpaired) electrons. The zero-order valence-corrected chi connectivity index (χ0v) is 13.4. The van der Waals surface area contributed by atoms with Gasteiger partial charge in [0.2, 0.25) is 0 Å². The molecular formula is C12H19BrO2Si. The summed E-state index contributed by atoms with van der Waals surface area (Å²) in [5, 5.41) is 1.06. The van der Waals surface area contributed by atoms with Gasteiger partial charge in [0, 0.05) is 0 Å². The van der Waals surface area contributed by atoms with Crippen LogP contribution in [-0.2, 0) is 0 Å². The van der Waals surface area contributed by atoms with Crippen molar-refractivity contribution in [1.29, 1.82) is 0 Å².